The molecular weight excluding hydrogens is 253 g/mol. The highest BCUT2D eigenvalue weighted by atomic mass is 19.1. The summed E-state index contributed by atoms with van der Waals surface area (Å²) in [5, 5.41) is 19.7. The Labute approximate surface area is 108 Å². The zero-order valence-electron chi connectivity index (χ0n) is 9.75. The summed E-state index contributed by atoms with van der Waals surface area (Å²) in [7, 11) is 0. The summed E-state index contributed by atoms with van der Waals surface area (Å²) in [5.74, 6) is -0.652. The highest BCUT2D eigenvalue weighted by Gasteiger charge is 2.14. The lowest BCUT2D eigenvalue weighted by Crippen LogP contribution is -1.97. The molecule has 0 unspecified atom stereocenters. The average Bonchev–Trinajstić information content (AvgIpc) is 2.36. The number of nitro groups is 1. The van der Waals surface area contributed by atoms with E-state index in [1.807, 2.05) is 0 Å². The van der Waals surface area contributed by atoms with E-state index in [2.05, 4.69) is 0 Å². The summed E-state index contributed by atoms with van der Waals surface area (Å²) in [6, 6.07) is 9.76. The molecule has 0 radical (unpaired) electrons. The maximum atomic E-state index is 13.3. The van der Waals surface area contributed by atoms with Gasteiger partial charge in [0.15, 0.2) is 0 Å². The number of phenols is 1. The van der Waals surface area contributed by atoms with Crippen LogP contribution in [0.4, 0.5) is 10.1 Å². The molecule has 19 heavy (non-hydrogen) atoms. The van der Waals surface area contributed by atoms with Gasteiger partial charge in [0.05, 0.1) is 4.92 Å². The number of ether oxygens (including phenoxy) is 1. The normalized spacial score (nSPS) is 10.2. The summed E-state index contributed by atoms with van der Waals surface area (Å²) in [6.45, 7) is 0.131. The predicted molar refractivity (Wildman–Crippen MR) is 65.5 cm³/mol. The van der Waals surface area contributed by atoms with Gasteiger partial charge in [0.25, 0.3) is 0 Å². The molecule has 0 spiro atoms. The van der Waals surface area contributed by atoms with Crippen LogP contribution in [0.3, 0.4) is 0 Å². The molecule has 0 saturated heterocycles. The summed E-state index contributed by atoms with van der Waals surface area (Å²) in [6.07, 6.45) is 0. The van der Waals surface area contributed by atoms with Crippen molar-refractivity contribution in [2.24, 2.45) is 0 Å². The molecule has 0 saturated carbocycles. The van der Waals surface area contributed by atoms with Crippen LogP contribution in [0, 0.1) is 15.9 Å². The number of rotatable bonds is 4. The standard InChI is InChI=1S/C13H10FNO4/c14-12-7-11(4-5-13(12)15(17)18)19-8-9-2-1-3-10(16)6-9/h1-7,16H,8H2. The minimum absolute atomic E-state index is 0.107. The smallest absolute Gasteiger partial charge is 0.305 e. The number of benzene rings is 2. The fraction of sp³-hybridized carbons (Fsp3) is 0.0769. The van der Waals surface area contributed by atoms with Gasteiger partial charge in [-0.1, -0.05) is 12.1 Å². The van der Waals surface area contributed by atoms with E-state index in [1.54, 1.807) is 12.1 Å². The van der Waals surface area contributed by atoms with Crippen LogP contribution in [0.2, 0.25) is 0 Å². The number of halogens is 1. The number of phenolic OH excluding ortho intramolecular Hbond substituents is 1. The van der Waals surface area contributed by atoms with Crippen LogP contribution in [-0.4, -0.2) is 10.0 Å². The molecule has 6 heteroatoms. The Hall–Kier alpha value is -2.63. The third kappa shape index (κ3) is 3.19. The summed E-state index contributed by atoms with van der Waals surface area (Å²) >= 11 is 0. The van der Waals surface area contributed by atoms with E-state index in [4.69, 9.17) is 4.74 Å². The fourth-order valence-corrected chi connectivity index (χ4v) is 1.54. The van der Waals surface area contributed by atoms with Crippen molar-refractivity contribution >= 4 is 5.69 Å². The second kappa shape index (κ2) is 5.34. The van der Waals surface area contributed by atoms with Crippen LogP contribution in [-0.2, 0) is 6.61 Å². The number of hydrogen-bond donors (Lipinski definition) is 1. The molecule has 0 amide bonds. The lowest BCUT2D eigenvalue weighted by molar-refractivity contribution is -0.387. The number of aromatic hydroxyl groups is 1. The van der Waals surface area contributed by atoms with Gasteiger partial charge in [-0.15, -0.1) is 0 Å². The zero-order valence-corrected chi connectivity index (χ0v) is 9.75. The minimum Gasteiger partial charge on any atom is -0.508 e. The first-order valence-corrected chi connectivity index (χ1v) is 5.41. The SMILES string of the molecule is O=[N+]([O-])c1ccc(OCc2cccc(O)c2)cc1F. The van der Waals surface area contributed by atoms with E-state index in [9.17, 15) is 19.6 Å². The van der Waals surface area contributed by atoms with Gasteiger partial charge in [-0.3, -0.25) is 10.1 Å². The monoisotopic (exact) mass is 263 g/mol. The van der Waals surface area contributed by atoms with Crippen molar-refractivity contribution in [2.45, 2.75) is 6.61 Å². The van der Waals surface area contributed by atoms with Crippen molar-refractivity contribution < 1.29 is 19.2 Å². The molecule has 0 heterocycles. The highest BCUT2D eigenvalue weighted by Crippen LogP contribution is 2.23. The molecule has 0 aliphatic rings. The molecule has 0 aliphatic heterocycles. The van der Waals surface area contributed by atoms with Crippen LogP contribution in [0.1, 0.15) is 5.56 Å². The molecule has 1 N–H and O–H groups in total. The van der Waals surface area contributed by atoms with E-state index in [0.29, 0.717) is 5.56 Å². The van der Waals surface area contributed by atoms with Gasteiger partial charge < -0.3 is 9.84 Å². The molecule has 0 aromatic heterocycles. The minimum atomic E-state index is -0.946. The molecule has 2 aromatic rings. The predicted octanol–water partition coefficient (Wildman–Crippen LogP) is 3.02. The quantitative estimate of drug-likeness (QED) is 0.679. The van der Waals surface area contributed by atoms with Crippen molar-refractivity contribution in [1.29, 1.82) is 0 Å². The van der Waals surface area contributed by atoms with Gasteiger partial charge in [-0.25, -0.2) is 0 Å². The van der Waals surface area contributed by atoms with Crippen molar-refractivity contribution in [3.8, 4) is 11.5 Å². The lowest BCUT2D eigenvalue weighted by atomic mass is 10.2. The van der Waals surface area contributed by atoms with Crippen molar-refractivity contribution in [1.82, 2.24) is 0 Å². The Kier molecular flexibility index (Phi) is 3.61. The Morgan fingerprint density at radius 1 is 1.26 bits per heavy atom. The number of hydrogen-bond acceptors (Lipinski definition) is 4. The fourth-order valence-electron chi connectivity index (χ4n) is 1.54. The second-order valence-corrected chi connectivity index (χ2v) is 3.83. The van der Waals surface area contributed by atoms with Gasteiger partial charge in [0, 0.05) is 12.1 Å². The first-order valence-electron chi connectivity index (χ1n) is 5.41. The first-order chi connectivity index (χ1) is 9.06. The van der Waals surface area contributed by atoms with Crippen molar-refractivity contribution in [2.75, 3.05) is 0 Å². The van der Waals surface area contributed by atoms with Gasteiger partial charge in [0.2, 0.25) is 5.82 Å². The molecule has 0 bridgehead atoms. The molecule has 5 nitrogen and oxygen atoms in total. The van der Waals surface area contributed by atoms with Crippen molar-refractivity contribution in [3.05, 3.63) is 64.0 Å². The van der Waals surface area contributed by atoms with E-state index >= 15 is 0 Å². The Morgan fingerprint density at radius 2 is 2.05 bits per heavy atom. The van der Waals surface area contributed by atoms with E-state index in [0.717, 1.165) is 12.1 Å². The van der Waals surface area contributed by atoms with E-state index in [1.165, 1.54) is 18.2 Å². The summed E-state index contributed by atoms with van der Waals surface area (Å²) in [5.41, 5.74) is 0.114. The zero-order chi connectivity index (χ0) is 13.8. The largest absolute Gasteiger partial charge is 0.508 e. The van der Waals surface area contributed by atoms with Crippen LogP contribution in [0.5, 0.6) is 11.5 Å². The third-order valence-corrected chi connectivity index (χ3v) is 2.43. The van der Waals surface area contributed by atoms with Gasteiger partial charge >= 0.3 is 5.69 Å². The Bertz CT molecular complexity index is 615. The van der Waals surface area contributed by atoms with Crippen LogP contribution in [0.25, 0.3) is 0 Å². The van der Waals surface area contributed by atoms with Crippen LogP contribution in [0.15, 0.2) is 42.5 Å². The van der Waals surface area contributed by atoms with E-state index < -0.39 is 16.4 Å². The summed E-state index contributed by atoms with van der Waals surface area (Å²) in [4.78, 5) is 9.65. The molecule has 0 fully saturated rings. The second-order valence-electron chi connectivity index (χ2n) is 3.83. The maximum absolute atomic E-state index is 13.3. The van der Waals surface area contributed by atoms with E-state index in [-0.39, 0.29) is 18.1 Å². The maximum Gasteiger partial charge on any atom is 0.305 e. The van der Waals surface area contributed by atoms with Crippen molar-refractivity contribution in [3.63, 3.8) is 0 Å². The Morgan fingerprint density at radius 3 is 2.68 bits per heavy atom. The molecule has 2 aromatic carbocycles. The third-order valence-electron chi connectivity index (χ3n) is 2.43. The topological polar surface area (TPSA) is 72.6 Å². The molecular formula is C13H10FNO4. The lowest BCUT2D eigenvalue weighted by Gasteiger charge is -2.06. The Balaban J connectivity index is 2.08. The van der Waals surface area contributed by atoms with Crippen LogP contribution >= 0.6 is 0 Å². The molecule has 2 rings (SSSR count). The molecule has 0 aliphatic carbocycles. The highest BCUT2D eigenvalue weighted by molar-refractivity contribution is 5.38. The van der Waals surface area contributed by atoms with Crippen LogP contribution < -0.4 is 4.74 Å². The van der Waals surface area contributed by atoms with Gasteiger partial charge in [0.1, 0.15) is 18.1 Å². The van der Waals surface area contributed by atoms with Gasteiger partial charge in [-0.2, -0.15) is 4.39 Å². The van der Waals surface area contributed by atoms with Gasteiger partial charge in [-0.05, 0) is 23.8 Å². The number of nitro benzene ring substituents is 1. The molecule has 98 valence electrons. The summed E-state index contributed by atoms with van der Waals surface area (Å²) < 4.78 is 18.6. The molecule has 0 atom stereocenters. The average molecular weight is 263 g/mol. The first kappa shape index (κ1) is 12.8. The number of nitrogens with zero attached hydrogens (tertiary/aromatic N) is 1.